The monoisotopic (exact) mass is 529 g/mol. The Bertz CT molecular complexity index is 1830. The predicted molar refractivity (Wildman–Crippen MR) is 142 cm³/mol. The van der Waals surface area contributed by atoms with Crippen molar-refractivity contribution >= 4 is 55.4 Å². The lowest BCUT2D eigenvalue weighted by molar-refractivity contribution is 0.102. The Morgan fingerprint density at radius 2 is 1.70 bits per heavy atom. The van der Waals surface area contributed by atoms with Gasteiger partial charge in [-0.05, 0) is 42.3 Å². The van der Waals surface area contributed by atoms with Crippen molar-refractivity contribution in [3.63, 3.8) is 0 Å². The quantitative estimate of drug-likeness (QED) is 0.330. The topological polar surface area (TPSA) is 118 Å². The number of sulfone groups is 1. The maximum Gasteiger partial charge on any atom is 0.258 e. The minimum absolute atomic E-state index is 0.0283. The fourth-order valence-electron chi connectivity index (χ4n) is 4.12. The number of nitrogens with one attached hydrogen (secondary N) is 1. The molecule has 2 aromatic heterocycles. The lowest BCUT2D eigenvalue weighted by Gasteiger charge is -2.13. The third-order valence-corrected chi connectivity index (χ3v) is 7.41. The van der Waals surface area contributed by atoms with Gasteiger partial charge in [-0.25, -0.2) is 18.4 Å². The molecule has 0 saturated carbocycles. The number of halogens is 1. The number of fused-ring (bicyclic) bond motifs is 2. The number of aromatic nitrogens is 3. The SMILES string of the molecule is CS(=O)(=O)c1ccc(Cl)c(C(=O)Nc2c(C#N)c3nc4ccccc4nc3n2CCc2ccccc2)c1. The van der Waals surface area contributed by atoms with Crippen LogP contribution in [0.1, 0.15) is 21.5 Å². The van der Waals surface area contributed by atoms with E-state index in [0.29, 0.717) is 35.2 Å². The molecule has 3 aromatic carbocycles. The van der Waals surface area contributed by atoms with Crippen molar-refractivity contribution in [2.24, 2.45) is 0 Å². The minimum Gasteiger partial charge on any atom is -0.309 e. The van der Waals surface area contributed by atoms with Crippen LogP contribution in [0.4, 0.5) is 5.82 Å². The lowest BCUT2D eigenvalue weighted by Crippen LogP contribution is -2.18. The van der Waals surface area contributed by atoms with Crippen molar-refractivity contribution < 1.29 is 13.2 Å². The number of benzene rings is 3. The zero-order valence-corrected chi connectivity index (χ0v) is 21.2. The molecule has 8 nitrogen and oxygen atoms in total. The van der Waals surface area contributed by atoms with Gasteiger partial charge in [0, 0.05) is 12.8 Å². The second-order valence-corrected chi connectivity index (χ2v) is 10.9. The highest BCUT2D eigenvalue weighted by atomic mass is 35.5. The van der Waals surface area contributed by atoms with Crippen LogP contribution in [-0.4, -0.2) is 35.1 Å². The Balaban J connectivity index is 1.65. The van der Waals surface area contributed by atoms with Gasteiger partial charge in [0.05, 0.1) is 26.5 Å². The van der Waals surface area contributed by atoms with Gasteiger partial charge in [-0.15, -0.1) is 0 Å². The van der Waals surface area contributed by atoms with Crippen LogP contribution in [0.15, 0.2) is 77.7 Å². The fourth-order valence-corrected chi connectivity index (χ4v) is 4.97. The Kier molecular flexibility index (Phi) is 6.38. The van der Waals surface area contributed by atoms with Gasteiger partial charge in [0.2, 0.25) is 0 Å². The molecule has 0 spiro atoms. The van der Waals surface area contributed by atoms with Crippen molar-refractivity contribution in [2.75, 3.05) is 11.6 Å². The van der Waals surface area contributed by atoms with Crippen molar-refractivity contribution in [1.29, 1.82) is 5.26 Å². The highest BCUT2D eigenvalue weighted by Gasteiger charge is 2.24. The molecule has 0 fully saturated rings. The van der Waals surface area contributed by atoms with Crippen LogP contribution >= 0.6 is 11.6 Å². The molecular formula is C27H20ClN5O3S. The third-order valence-electron chi connectivity index (χ3n) is 5.97. The fraction of sp³-hybridized carbons (Fsp3) is 0.111. The molecule has 1 amide bonds. The van der Waals surface area contributed by atoms with E-state index in [2.05, 4.69) is 16.4 Å². The molecule has 0 atom stereocenters. The molecule has 5 rings (SSSR count). The summed E-state index contributed by atoms with van der Waals surface area (Å²) >= 11 is 6.26. The number of para-hydroxylation sites is 2. The summed E-state index contributed by atoms with van der Waals surface area (Å²) in [6.07, 6.45) is 1.66. The Morgan fingerprint density at radius 3 is 2.38 bits per heavy atom. The van der Waals surface area contributed by atoms with Crippen LogP contribution in [0.2, 0.25) is 5.02 Å². The van der Waals surface area contributed by atoms with Crippen molar-refractivity contribution in [3.05, 3.63) is 94.5 Å². The van der Waals surface area contributed by atoms with Crippen LogP contribution in [-0.2, 0) is 22.8 Å². The van der Waals surface area contributed by atoms with Gasteiger partial charge in [0.1, 0.15) is 23.0 Å². The summed E-state index contributed by atoms with van der Waals surface area (Å²) < 4.78 is 25.8. The average molecular weight is 530 g/mol. The summed E-state index contributed by atoms with van der Waals surface area (Å²) in [6, 6.07) is 23.2. The average Bonchev–Trinajstić information content (AvgIpc) is 3.16. The van der Waals surface area contributed by atoms with E-state index in [9.17, 15) is 18.5 Å². The standard InChI is InChI=1S/C27H20ClN5O3S/c1-37(35,36)18-11-12-21(28)19(15-18)27(34)32-25-20(16-29)24-26(31-23-10-6-5-9-22(23)30-24)33(25)14-13-17-7-3-2-4-8-17/h2-12,15H,13-14H2,1H3,(H,32,34). The van der Waals surface area contributed by atoms with Crippen LogP contribution < -0.4 is 5.32 Å². The van der Waals surface area contributed by atoms with Crippen LogP contribution in [0.25, 0.3) is 22.2 Å². The molecule has 37 heavy (non-hydrogen) atoms. The van der Waals surface area contributed by atoms with Crippen LogP contribution in [0.3, 0.4) is 0 Å². The molecule has 0 unspecified atom stereocenters. The number of amides is 1. The minimum atomic E-state index is -3.57. The molecule has 1 N–H and O–H groups in total. The number of carbonyl (C=O) groups is 1. The number of hydrogen-bond acceptors (Lipinski definition) is 6. The molecule has 0 bridgehead atoms. The first-order valence-electron chi connectivity index (χ1n) is 11.3. The highest BCUT2D eigenvalue weighted by molar-refractivity contribution is 7.90. The summed E-state index contributed by atoms with van der Waals surface area (Å²) in [7, 11) is -3.57. The number of aryl methyl sites for hydroxylation is 2. The molecular weight excluding hydrogens is 510 g/mol. The highest BCUT2D eigenvalue weighted by Crippen LogP contribution is 2.31. The first-order chi connectivity index (χ1) is 17.8. The Hall–Kier alpha value is -4.26. The largest absolute Gasteiger partial charge is 0.309 e. The van der Waals surface area contributed by atoms with Gasteiger partial charge in [0.15, 0.2) is 15.5 Å². The van der Waals surface area contributed by atoms with E-state index < -0.39 is 15.7 Å². The molecule has 0 saturated heterocycles. The van der Waals surface area contributed by atoms with E-state index in [0.717, 1.165) is 11.8 Å². The van der Waals surface area contributed by atoms with E-state index in [4.69, 9.17) is 16.6 Å². The summed E-state index contributed by atoms with van der Waals surface area (Å²) in [6.45, 7) is 0.405. The van der Waals surface area contributed by atoms with E-state index in [1.807, 2.05) is 48.5 Å². The van der Waals surface area contributed by atoms with Gasteiger partial charge >= 0.3 is 0 Å². The zero-order valence-electron chi connectivity index (χ0n) is 19.6. The summed E-state index contributed by atoms with van der Waals surface area (Å²) in [5.41, 5.74) is 3.29. The number of nitriles is 1. The first-order valence-corrected chi connectivity index (χ1v) is 13.6. The summed E-state index contributed by atoms with van der Waals surface area (Å²) in [4.78, 5) is 22.7. The first kappa shape index (κ1) is 24.4. The Morgan fingerprint density at radius 1 is 1.03 bits per heavy atom. The van der Waals surface area contributed by atoms with Crippen molar-refractivity contribution in [3.8, 4) is 6.07 Å². The Labute approximate surface area is 218 Å². The van der Waals surface area contributed by atoms with E-state index in [1.54, 1.807) is 10.6 Å². The number of anilines is 1. The number of carbonyl (C=O) groups excluding carboxylic acids is 1. The summed E-state index contributed by atoms with van der Waals surface area (Å²) in [5.74, 6) is -0.435. The lowest BCUT2D eigenvalue weighted by atomic mass is 10.1. The second kappa shape index (κ2) is 9.65. The molecule has 0 radical (unpaired) electrons. The summed E-state index contributed by atoms with van der Waals surface area (Å²) in [5, 5.41) is 13.0. The van der Waals surface area contributed by atoms with Crippen molar-refractivity contribution in [1.82, 2.24) is 14.5 Å². The molecule has 184 valence electrons. The third kappa shape index (κ3) is 4.77. The maximum atomic E-state index is 13.4. The number of hydrogen-bond donors (Lipinski definition) is 1. The van der Waals surface area contributed by atoms with Gasteiger partial charge in [-0.2, -0.15) is 5.26 Å². The van der Waals surface area contributed by atoms with Crippen LogP contribution in [0.5, 0.6) is 0 Å². The van der Waals surface area contributed by atoms with E-state index in [-0.39, 0.29) is 26.9 Å². The smallest absolute Gasteiger partial charge is 0.258 e. The van der Waals surface area contributed by atoms with E-state index in [1.165, 1.54) is 18.2 Å². The van der Waals surface area contributed by atoms with Crippen LogP contribution in [0, 0.1) is 11.3 Å². The normalized spacial score (nSPS) is 11.5. The van der Waals surface area contributed by atoms with E-state index >= 15 is 0 Å². The van der Waals surface area contributed by atoms with Gasteiger partial charge < -0.3 is 9.88 Å². The maximum absolute atomic E-state index is 13.4. The van der Waals surface area contributed by atoms with Gasteiger partial charge in [0.25, 0.3) is 5.91 Å². The molecule has 0 aliphatic carbocycles. The number of rotatable bonds is 6. The number of nitrogens with zero attached hydrogens (tertiary/aromatic N) is 4. The molecule has 0 aliphatic heterocycles. The predicted octanol–water partition coefficient (Wildman–Crippen LogP) is 5.01. The zero-order chi connectivity index (χ0) is 26.2. The molecule has 10 heteroatoms. The van der Waals surface area contributed by atoms with Gasteiger partial charge in [-0.1, -0.05) is 54.1 Å². The molecule has 2 heterocycles. The molecule has 0 aliphatic rings. The molecule has 5 aromatic rings. The van der Waals surface area contributed by atoms with Crippen molar-refractivity contribution in [2.45, 2.75) is 17.9 Å². The second-order valence-electron chi connectivity index (χ2n) is 8.48. The van der Waals surface area contributed by atoms with Gasteiger partial charge in [-0.3, -0.25) is 4.79 Å².